The fraction of sp³-hybridized carbons (Fsp3) is 0.545. The van der Waals surface area contributed by atoms with Gasteiger partial charge >= 0.3 is 8.25 Å². The minimum absolute atomic E-state index is 0.0238. The summed E-state index contributed by atoms with van der Waals surface area (Å²) in [5.41, 5.74) is 5.57. The number of nitrogens with zero attached hydrogens (tertiary/aromatic N) is 3. The maximum Gasteiger partial charge on any atom is 0.316 e. The first-order chi connectivity index (χ1) is 11.0. The normalized spacial score (nSPS) is 25.9. The number of nitrogens with one attached hydrogen (secondary N) is 1. The molecule has 2 aromatic heterocycles. The van der Waals surface area contributed by atoms with Crippen LogP contribution in [0.3, 0.4) is 0 Å². The topological polar surface area (TPSA) is 155 Å². The van der Waals surface area contributed by atoms with Crippen molar-refractivity contribution in [3.8, 4) is 0 Å². The molecule has 1 saturated heterocycles. The fourth-order valence-electron chi connectivity index (χ4n) is 2.58. The van der Waals surface area contributed by atoms with E-state index in [0.717, 1.165) is 0 Å². The van der Waals surface area contributed by atoms with Crippen LogP contribution in [-0.2, 0) is 18.6 Å². The van der Waals surface area contributed by atoms with E-state index in [0.29, 0.717) is 12.1 Å². The van der Waals surface area contributed by atoms with Crippen LogP contribution in [0, 0.1) is 0 Å². The maximum absolute atomic E-state index is 11.8. The molecule has 2 aromatic rings. The van der Waals surface area contributed by atoms with Crippen molar-refractivity contribution in [1.82, 2.24) is 19.5 Å². The van der Waals surface area contributed by atoms with Gasteiger partial charge in [-0.05, 0) is 0 Å². The first-order valence-electron chi connectivity index (χ1n) is 6.76. The molecule has 11 nitrogen and oxygen atoms in total. The molecule has 3 heterocycles. The first kappa shape index (κ1) is 16.1. The third-order valence-corrected chi connectivity index (χ3v) is 4.03. The van der Waals surface area contributed by atoms with Crippen LogP contribution < -0.4 is 11.3 Å². The predicted molar refractivity (Wildman–Crippen MR) is 79.1 cm³/mol. The third kappa shape index (κ3) is 3.14. The number of fused-ring (bicyclic) bond motifs is 1. The standard InChI is InChI=1S/C11H16N5O6P/c1-20-5-2-7(22-6(5)3-21-23(18)19)16-4-13-8-9(16)14-11(12)15-10(8)17/h4-7,23H,2-3H2,1H3,(H,18,19)(H3,12,14,15,17)/t5-,6+,7+/m0/s1. The van der Waals surface area contributed by atoms with Gasteiger partial charge in [0.25, 0.3) is 5.56 Å². The number of ether oxygens (including phenoxy) is 2. The Bertz CT molecular complexity index is 791. The molecule has 1 aliphatic rings. The van der Waals surface area contributed by atoms with Crippen LogP contribution in [0.1, 0.15) is 12.6 Å². The lowest BCUT2D eigenvalue weighted by atomic mass is 10.2. The van der Waals surface area contributed by atoms with Crippen molar-refractivity contribution in [2.45, 2.75) is 24.9 Å². The third-order valence-electron chi connectivity index (χ3n) is 3.62. The highest BCUT2D eigenvalue weighted by molar-refractivity contribution is 7.32. The summed E-state index contributed by atoms with van der Waals surface area (Å²) in [6.07, 6.45) is 0.507. The molecule has 0 amide bonds. The number of aromatic amines is 1. The molecular formula is C11H16N5O6P. The molecular weight excluding hydrogens is 329 g/mol. The van der Waals surface area contributed by atoms with Crippen molar-refractivity contribution in [3.05, 3.63) is 16.7 Å². The van der Waals surface area contributed by atoms with Crippen molar-refractivity contribution >= 4 is 25.4 Å². The molecule has 1 aliphatic heterocycles. The summed E-state index contributed by atoms with van der Waals surface area (Å²) in [4.78, 5) is 31.0. The van der Waals surface area contributed by atoms with Gasteiger partial charge in [0.1, 0.15) is 12.3 Å². The molecule has 3 rings (SSSR count). The number of nitrogens with two attached hydrogens (primary N) is 1. The van der Waals surface area contributed by atoms with Crippen LogP contribution in [0.25, 0.3) is 11.2 Å². The molecule has 12 heteroatoms. The van der Waals surface area contributed by atoms with Crippen LogP contribution in [0.15, 0.2) is 11.1 Å². The molecule has 0 aliphatic carbocycles. The van der Waals surface area contributed by atoms with Crippen molar-refractivity contribution in [2.24, 2.45) is 0 Å². The largest absolute Gasteiger partial charge is 0.378 e. The van der Waals surface area contributed by atoms with E-state index in [2.05, 4.69) is 15.0 Å². The molecule has 1 unspecified atom stereocenters. The minimum atomic E-state index is -3.05. The van der Waals surface area contributed by atoms with Crippen molar-refractivity contribution in [3.63, 3.8) is 0 Å². The second-order valence-electron chi connectivity index (χ2n) is 4.99. The van der Waals surface area contributed by atoms with Gasteiger partial charge in [0, 0.05) is 13.5 Å². The average Bonchev–Trinajstić information content (AvgIpc) is 3.08. The van der Waals surface area contributed by atoms with E-state index >= 15 is 0 Å². The summed E-state index contributed by atoms with van der Waals surface area (Å²) < 4.78 is 28.1. The van der Waals surface area contributed by atoms with Gasteiger partial charge in [-0.3, -0.25) is 18.9 Å². The van der Waals surface area contributed by atoms with Crippen LogP contribution in [0.2, 0.25) is 0 Å². The van der Waals surface area contributed by atoms with E-state index in [4.69, 9.17) is 24.6 Å². The van der Waals surface area contributed by atoms with Gasteiger partial charge in [0.2, 0.25) is 5.95 Å². The molecule has 1 fully saturated rings. The number of methoxy groups -OCH3 is 1. The van der Waals surface area contributed by atoms with E-state index in [-0.39, 0.29) is 24.2 Å². The molecule has 0 spiro atoms. The Morgan fingerprint density at radius 2 is 2.43 bits per heavy atom. The van der Waals surface area contributed by atoms with E-state index in [9.17, 15) is 9.36 Å². The van der Waals surface area contributed by atoms with Crippen molar-refractivity contribution in [2.75, 3.05) is 19.5 Å². The Labute approximate surface area is 130 Å². The summed E-state index contributed by atoms with van der Waals surface area (Å²) in [5, 5.41) is 0. The SMILES string of the molecule is CO[C@H]1C[C@H](n2cnc3c(=O)[nH]c(N)nc32)O[C@@H]1CO[PH](=O)O. The Morgan fingerprint density at radius 3 is 3.13 bits per heavy atom. The van der Waals surface area contributed by atoms with Gasteiger partial charge in [0.05, 0.1) is 19.0 Å². The highest BCUT2D eigenvalue weighted by Crippen LogP contribution is 2.33. The maximum atomic E-state index is 11.8. The molecule has 0 aromatic carbocycles. The Kier molecular flexibility index (Phi) is 4.46. The number of nitrogen functional groups attached to an aromatic ring is 1. The van der Waals surface area contributed by atoms with E-state index in [1.54, 1.807) is 4.57 Å². The van der Waals surface area contributed by atoms with E-state index < -0.39 is 26.1 Å². The summed E-state index contributed by atoms with van der Waals surface area (Å²) in [7, 11) is -1.54. The van der Waals surface area contributed by atoms with E-state index in [1.807, 2.05) is 0 Å². The first-order valence-corrected chi connectivity index (χ1v) is 8.02. The number of anilines is 1. The Morgan fingerprint density at radius 1 is 1.65 bits per heavy atom. The van der Waals surface area contributed by atoms with Gasteiger partial charge in [-0.25, -0.2) is 4.98 Å². The zero-order valence-electron chi connectivity index (χ0n) is 12.1. The summed E-state index contributed by atoms with van der Waals surface area (Å²) in [6.45, 7) is -0.0773. The second kappa shape index (κ2) is 6.38. The van der Waals surface area contributed by atoms with Gasteiger partial charge in [-0.2, -0.15) is 4.98 Å². The molecule has 0 radical (unpaired) electrons. The number of hydrogen-bond donors (Lipinski definition) is 3. The molecule has 4 N–H and O–H groups in total. The lowest BCUT2D eigenvalue weighted by Gasteiger charge is -2.16. The summed E-state index contributed by atoms with van der Waals surface area (Å²) in [6, 6.07) is 0. The van der Waals surface area contributed by atoms with Crippen molar-refractivity contribution < 1.29 is 23.5 Å². The zero-order chi connectivity index (χ0) is 16.6. The monoisotopic (exact) mass is 345 g/mol. The van der Waals surface area contributed by atoms with Crippen LogP contribution in [0.4, 0.5) is 5.95 Å². The molecule has 4 atom stereocenters. The predicted octanol–water partition coefficient (Wildman–Crippen LogP) is -0.597. The van der Waals surface area contributed by atoms with Gasteiger partial charge in [-0.15, -0.1) is 0 Å². The number of rotatable bonds is 5. The highest BCUT2D eigenvalue weighted by Gasteiger charge is 2.37. The molecule has 0 saturated carbocycles. The number of H-pyrrole nitrogens is 1. The number of aromatic nitrogens is 4. The average molecular weight is 345 g/mol. The smallest absolute Gasteiger partial charge is 0.316 e. The van der Waals surface area contributed by atoms with Crippen LogP contribution >= 0.6 is 8.25 Å². The fourth-order valence-corrected chi connectivity index (χ4v) is 2.88. The molecule has 126 valence electrons. The second-order valence-corrected chi connectivity index (χ2v) is 5.81. The highest BCUT2D eigenvalue weighted by atomic mass is 31.1. The summed E-state index contributed by atoms with van der Waals surface area (Å²) >= 11 is 0. The summed E-state index contributed by atoms with van der Waals surface area (Å²) in [5.74, 6) is -0.0238. The number of hydrogen-bond acceptors (Lipinski definition) is 8. The van der Waals surface area contributed by atoms with Gasteiger partial charge < -0.3 is 24.6 Å². The van der Waals surface area contributed by atoms with Gasteiger partial charge in [0.15, 0.2) is 11.2 Å². The Hall–Kier alpha value is -1.78. The minimum Gasteiger partial charge on any atom is -0.378 e. The van der Waals surface area contributed by atoms with Crippen molar-refractivity contribution in [1.29, 1.82) is 0 Å². The lowest BCUT2D eigenvalue weighted by molar-refractivity contribution is -0.0466. The van der Waals surface area contributed by atoms with Gasteiger partial charge in [-0.1, -0.05) is 0 Å². The lowest BCUT2D eigenvalue weighted by Crippen LogP contribution is -2.27. The quantitative estimate of drug-likeness (QED) is 0.602. The zero-order valence-corrected chi connectivity index (χ0v) is 13.1. The van der Waals surface area contributed by atoms with Crippen LogP contribution in [0.5, 0.6) is 0 Å². The molecule has 23 heavy (non-hydrogen) atoms. The van der Waals surface area contributed by atoms with Crippen LogP contribution in [-0.4, -0.2) is 50.3 Å². The molecule has 0 bridgehead atoms. The van der Waals surface area contributed by atoms with E-state index in [1.165, 1.54) is 13.4 Å². The Balaban J connectivity index is 1.88. The number of imidazole rings is 1.